The van der Waals surface area contributed by atoms with E-state index in [1.807, 2.05) is 12.1 Å². The molecule has 1 saturated carbocycles. The number of hydrogen-bond acceptors (Lipinski definition) is 6. The van der Waals surface area contributed by atoms with Gasteiger partial charge in [0, 0.05) is 48.1 Å². The van der Waals surface area contributed by atoms with Crippen molar-refractivity contribution in [2.75, 3.05) is 38.6 Å². The SMILES string of the molecule is O=C(O)c1c(SCCN2CC3(CCOC3)C2)ccc2c1OB(O)C1CC21. The van der Waals surface area contributed by atoms with Gasteiger partial charge in [0.05, 0.1) is 6.61 Å². The first-order valence-electron chi connectivity index (χ1n) is 9.24. The predicted molar refractivity (Wildman–Crippen MR) is 98.1 cm³/mol. The van der Waals surface area contributed by atoms with E-state index >= 15 is 0 Å². The summed E-state index contributed by atoms with van der Waals surface area (Å²) in [5, 5.41) is 19.7. The normalized spacial score (nSPS) is 28.3. The van der Waals surface area contributed by atoms with Crippen LogP contribution >= 0.6 is 11.8 Å². The van der Waals surface area contributed by atoms with Crippen LogP contribution in [0.1, 0.15) is 34.7 Å². The van der Waals surface area contributed by atoms with Gasteiger partial charge in [0.25, 0.3) is 0 Å². The van der Waals surface area contributed by atoms with Crippen LogP contribution in [0.5, 0.6) is 5.75 Å². The highest BCUT2D eigenvalue weighted by Gasteiger charge is 2.54. The van der Waals surface area contributed by atoms with Crippen LogP contribution in [0.15, 0.2) is 17.0 Å². The van der Waals surface area contributed by atoms with E-state index < -0.39 is 13.1 Å². The van der Waals surface area contributed by atoms with Crippen LogP contribution in [0.2, 0.25) is 5.82 Å². The van der Waals surface area contributed by atoms with Gasteiger partial charge in [-0.2, -0.15) is 0 Å². The number of nitrogens with zero attached hydrogens (tertiary/aromatic N) is 1. The maximum atomic E-state index is 11.9. The average Bonchev–Trinajstić information content (AvgIpc) is 3.24. The van der Waals surface area contributed by atoms with Crippen LogP contribution in [0.4, 0.5) is 0 Å². The third-order valence-electron chi connectivity index (χ3n) is 6.18. The Bertz CT molecular complexity index is 745. The highest BCUT2D eigenvalue weighted by Crippen LogP contribution is 2.60. The van der Waals surface area contributed by atoms with Crippen molar-refractivity contribution in [3.8, 4) is 5.75 Å². The molecule has 3 aliphatic heterocycles. The molecule has 3 fully saturated rings. The Morgan fingerprint density at radius 3 is 3.00 bits per heavy atom. The van der Waals surface area contributed by atoms with Crippen molar-refractivity contribution < 1.29 is 24.3 Å². The van der Waals surface area contributed by atoms with E-state index in [0.717, 1.165) is 61.9 Å². The van der Waals surface area contributed by atoms with Crippen molar-refractivity contribution in [3.63, 3.8) is 0 Å². The number of likely N-dealkylation sites (tertiary alicyclic amines) is 1. The van der Waals surface area contributed by atoms with Gasteiger partial charge in [-0.25, -0.2) is 4.79 Å². The Morgan fingerprint density at radius 2 is 2.27 bits per heavy atom. The molecule has 0 amide bonds. The summed E-state index contributed by atoms with van der Waals surface area (Å²) in [4.78, 5) is 15.0. The molecule has 1 spiro atoms. The number of rotatable bonds is 5. The minimum atomic E-state index is -0.985. The van der Waals surface area contributed by atoms with E-state index in [1.165, 1.54) is 0 Å². The van der Waals surface area contributed by atoms with Crippen LogP contribution in [0.25, 0.3) is 0 Å². The van der Waals surface area contributed by atoms with Gasteiger partial charge < -0.3 is 24.4 Å². The fourth-order valence-electron chi connectivity index (χ4n) is 4.66. The van der Waals surface area contributed by atoms with Crippen molar-refractivity contribution in [2.24, 2.45) is 5.41 Å². The minimum Gasteiger partial charge on any atom is -0.535 e. The molecule has 4 aliphatic rings. The largest absolute Gasteiger partial charge is 0.535 e. The molecule has 0 radical (unpaired) electrons. The lowest BCUT2D eigenvalue weighted by Crippen LogP contribution is -2.57. The molecule has 8 heteroatoms. The second kappa shape index (κ2) is 6.16. The molecular weight excluding hydrogens is 353 g/mol. The molecule has 1 aromatic rings. The fraction of sp³-hybridized carbons (Fsp3) is 0.611. The summed E-state index contributed by atoms with van der Waals surface area (Å²) in [5.41, 5.74) is 1.53. The first kappa shape index (κ1) is 16.9. The van der Waals surface area contributed by atoms with Gasteiger partial charge >= 0.3 is 13.1 Å². The summed E-state index contributed by atoms with van der Waals surface area (Å²) < 4.78 is 11.1. The maximum Gasteiger partial charge on any atom is 0.526 e. The van der Waals surface area contributed by atoms with Crippen molar-refractivity contribution in [1.82, 2.24) is 4.90 Å². The van der Waals surface area contributed by atoms with E-state index in [0.29, 0.717) is 11.2 Å². The molecular formula is C18H22BNO5S. The lowest BCUT2D eigenvalue weighted by molar-refractivity contribution is -0.00202. The number of thioether (sulfide) groups is 1. The number of carboxylic acids is 1. The van der Waals surface area contributed by atoms with E-state index in [1.54, 1.807) is 11.8 Å². The van der Waals surface area contributed by atoms with Crippen molar-refractivity contribution in [2.45, 2.75) is 29.5 Å². The van der Waals surface area contributed by atoms with Gasteiger partial charge in [-0.15, -0.1) is 11.8 Å². The zero-order valence-corrected chi connectivity index (χ0v) is 15.3. The third kappa shape index (κ3) is 2.74. The standard InChI is InChI=1S/C18H22BNO5S/c21-17(22)15-14(2-1-11-12-7-13(12)19(23)25-16(11)15)26-6-4-20-8-18(9-20)3-5-24-10-18/h1-2,12-13,23H,3-10H2,(H,21,22). The highest BCUT2D eigenvalue weighted by atomic mass is 32.2. The topological polar surface area (TPSA) is 79.2 Å². The quantitative estimate of drug-likeness (QED) is 0.601. The summed E-state index contributed by atoms with van der Waals surface area (Å²) in [6.07, 6.45) is 2.03. The van der Waals surface area contributed by atoms with Gasteiger partial charge in [-0.3, -0.25) is 0 Å². The van der Waals surface area contributed by atoms with Crippen molar-refractivity contribution in [1.29, 1.82) is 0 Å². The van der Waals surface area contributed by atoms with Crippen LogP contribution in [0, 0.1) is 5.41 Å². The summed E-state index contributed by atoms with van der Waals surface area (Å²) in [5.74, 6) is 0.601. The smallest absolute Gasteiger partial charge is 0.526 e. The summed E-state index contributed by atoms with van der Waals surface area (Å²) in [7, 11) is -0.878. The molecule has 2 unspecified atom stereocenters. The Labute approximate surface area is 157 Å². The van der Waals surface area contributed by atoms with Gasteiger partial charge in [0.1, 0.15) is 11.3 Å². The maximum absolute atomic E-state index is 11.9. The van der Waals surface area contributed by atoms with Gasteiger partial charge in [0.15, 0.2) is 0 Å². The first-order valence-corrected chi connectivity index (χ1v) is 10.2. The monoisotopic (exact) mass is 375 g/mol. The highest BCUT2D eigenvalue weighted by molar-refractivity contribution is 7.99. The van der Waals surface area contributed by atoms with Crippen molar-refractivity contribution in [3.05, 3.63) is 23.3 Å². The number of aromatic carboxylic acids is 1. The van der Waals surface area contributed by atoms with Gasteiger partial charge in [0.2, 0.25) is 0 Å². The molecule has 138 valence electrons. The molecule has 2 N–H and O–H groups in total. The summed E-state index contributed by atoms with van der Waals surface area (Å²) in [6, 6.07) is 3.89. The third-order valence-corrected chi connectivity index (χ3v) is 7.21. The Balaban J connectivity index is 1.26. The number of benzene rings is 1. The molecule has 0 bridgehead atoms. The van der Waals surface area contributed by atoms with Gasteiger partial charge in [-0.05, 0) is 30.4 Å². The lowest BCUT2D eigenvalue weighted by Gasteiger charge is -2.47. The van der Waals surface area contributed by atoms with Crippen LogP contribution in [0.3, 0.4) is 0 Å². The molecule has 6 nitrogen and oxygen atoms in total. The number of fused-ring (bicyclic) bond motifs is 3. The average molecular weight is 375 g/mol. The molecule has 5 rings (SSSR count). The molecule has 1 aliphatic carbocycles. The number of carboxylic acid groups (broad SMARTS) is 1. The van der Waals surface area contributed by atoms with Crippen molar-refractivity contribution >= 4 is 24.8 Å². The van der Waals surface area contributed by atoms with E-state index in [-0.39, 0.29) is 17.3 Å². The predicted octanol–water partition coefficient (Wildman–Crippen LogP) is 1.93. The van der Waals surface area contributed by atoms with E-state index in [9.17, 15) is 14.9 Å². The zero-order chi connectivity index (χ0) is 17.9. The Hall–Kier alpha value is -1.22. The fourth-order valence-corrected chi connectivity index (χ4v) is 5.72. The summed E-state index contributed by atoms with van der Waals surface area (Å²) >= 11 is 1.56. The van der Waals surface area contributed by atoms with Crippen LogP contribution in [-0.2, 0) is 4.74 Å². The summed E-state index contributed by atoms with van der Waals surface area (Å²) in [6.45, 7) is 4.88. The molecule has 1 aromatic carbocycles. The molecule has 26 heavy (non-hydrogen) atoms. The minimum absolute atomic E-state index is 0.126. The number of hydrogen-bond donors (Lipinski definition) is 2. The first-order chi connectivity index (χ1) is 12.6. The molecule has 2 atom stereocenters. The second-order valence-electron chi connectivity index (χ2n) is 8.04. The van der Waals surface area contributed by atoms with Crippen LogP contribution < -0.4 is 4.65 Å². The van der Waals surface area contributed by atoms with E-state index in [4.69, 9.17) is 9.39 Å². The Morgan fingerprint density at radius 1 is 1.42 bits per heavy atom. The molecule has 2 saturated heterocycles. The molecule has 3 heterocycles. The van der Waals surface area contributed by atoms with E-state index in [2.05, 4.69) is 4.90 Å². The second-order valence-corrected chi connectivity index (χ2v) is 9.18. The van der Waals surface area contributed by atoms with Gasteiger partial charge in [-0.1, -0.05) is 6.07 Å². The lowest BCUT2D eigenvalue weighted by atomic mass is 9.77. The molecule has 0 aromatic heterocycles. The number of carbonyl (C=O) groups is 1. The van der Waals surface area contributed by atoms with Crippen LogP contribution in [-0.4, -0.2) is 66.7 Å². The zero-order valence-electron chi connectivity index (χ0n) is 14.5. The number of ether oxygens (including phenoxy) is 1. The Kier molecular flexibility index (Phi) is 4.01.